The highest BCUT2D eigenvalue weighted by molar-refractivity contribution is 5.49. The molecule has 94 valence electrons. The van der Waals surface area contributed by atoms with Crippen molar-refractivity contribution in [1.82, 2.24) is 4.90 Å². The SMILES string of the molecule is COc1ccc(N2CCN(C(C)C)CC2)cc1. The van der Waals surface area contributed by atoms with Crippen molar-refractivity contribution in [1.29, 1.82) is 0 Å². The first-order valence-electron chi connectivity index (χ1n) is 6.34. The lowest BCUT2D eigenvalue weighted by Crippen LogP contribution is -2.48. The van der Waals surface area contributed by atoms with Gasteiger partial charge in [-0.05, 0) is 38.1 Å². The zero-order valence-electron chi connectivity index (χ0n) is 11.0. The van der Waals surface area contributed by atoms with Crippen LogP contribution in [0.15, 0.2) is 24.3 Å². The molecule has 0 unspecified atom stereocenters. The molecule has 0 radical (unpaired) electrons. The summed E-state index contributed by atoms with van der Waals surface area (Å²) in [7, 11) is 1.70. The second kappa shape index (κ2) is 5.41. The van der Waals surface area contributed by atoms with Crippen LogP contribution in [0, 0.1) is 0 Å². The maximum absolute atomic E-state index is 5.18. The molecular formula is C14H22N2O. The molecule has 1 aliphatic heterocycles. The van der Waals surface area contributed by atoms with Crippen LogP contribution in [0.5, 0.6) is 5.75 Å². The average molecular weight is 234 g/mol. The number of methoxy groups -OCH3 is 1. The van der Waals surface area contributed by atoms with E-state index in [1.54, 1.807) is 7.11 Å². The van der Waals surface area contributed by atoms with Crippen LogP contribution < -0.4 is 9.64 Å². The maximum atomic E-state index is 5.18. The van der Waals surface area contributed by atoms with E-state index in [1.165, 1.54) is 5.69 Å². The Morgan fingerprint density at radius 2 is 1.59 bits per heavy atom. The summed E-state index contributed by atoms with van der Waals surface area (Å²) in [6.07, 6.45) is 0. The van der Waals surface area contributed by atoms with E-state index in [2.05, 4.69) is 35.8 Å². The zero-order chi connectivity index (χ0) is 12.3. The molecule has 0 aromatic heterocycles. The topological polar surface area (TPSA) is 15.7 Å². The van der Waals surface area contributed by atoms with Gasteiger partial charge < -0.3 is 9.64 Å². The molecule has 0 aliphatic carbocycles. The molecule has 0 saturated carbocycles. The standard InChI is InChI=1S/C14H22N2O/c1-12(2)15-8-10-16(11-9-15)13-4-6-14(17-3)7-5-13/h4-7,12H,8-11H2,1-3H3. The summed E-state index contributed by atoms with van der Waals surface area (Å²) in [5.41, 5.74) is 1.30. The van der Waals surface area contributed by atoms with Gasteiger partial charge in [-0.2, -0.15) is 0 Å². The van der Waals surface area contributed by atoms with E-state index in [-0.39, 0.29) is 0 Å². The van der Waals surface area contributed by atoms with Crippen molar-refractivity contribution in [2.45, 2.75) is 19.9 Å². The van der Waals surface area contributed by atoms with E-state index in [9.17, 15) is 0 Å². The van der Waals surface area contributed by atoms with Crippen molar-refractivity contribution < 1.29 is 4.74 Å². The van der Waals surface area contributed by atoms with Crippen molar-refractivity contribution in [2.75, 3.05) is 38.2 Å². The van der Waals surface area contributed by atoms with Crippen molar-refractivity contribution in [3.63, 3.8) is 0 Å². The van der Waals surface area contributed by atoms with Gasteiger partial charge in [-0.15, -0.1) is 0 Å². The van der Waals surface area contributed by atoms with Gasteiger partial charge in [0.25, 0.3) is 0 Å². The van der Waals surface area contributed by atoms with Gasteiger partial charge in [0.15, 0.2) is 0 Å². The van der Waals surface area contributed by atoms with Crippen molar-refractivity contribution >= 4 is 5.69 Å². The van der Waals surface area contributed by atoms with E-state index in [0.717, 1.165) is 31.9 Å². The Morgan fingerprint density at radius 3 is 2.06 bits per heavy atom. The number of hydrogen-bond donors (Lipinski definition) is 0. The van der Waals surface area contributed by atoms with Gasteiger partial charge in [-0.3, -0.25) is 4.90 Å². The second-order valence-corrected chi connectivity index (χ2v) is 4.81. The number of rotatable bonds is 3. The minimum absolute atomic E-state index is 0.660. The van der Waals surface area contributed by atoms with Crippen LogP contribution in [0.4, 0.5) is 5.69 Å². The van der Waals surface area contributed by atoms with Crippen LogP contribution in [-0.4, -0.2) is 44.2 Å². The number of hydrogen-bond acceptors (Lipinski definition) is 3. The van der Waals surface area contributed by atoms with E-state index in [0.29, 0.717) is 6.04 Å². The smallest absolute Gasteiger partial charge is 0.119 e. The Kier molecular flexibility index (Phi) is 3.89. The Balaban J connectivity index is 1.95. The lowest BCUT2D eigenvalue weighted by molar-refractivity contribution is 0.209. The third-order valence-electron chi connectivity index (χ3n) is 3.48. The normalized spacial score (nSPS) is 17.5. The average Bonchev–Trinajstić information content (AvgIpc) is 2.39. The molecule has 0 amide bonds. The quantitative estimate of drug-likeness (QED) is 0.797. The van der Waals surface area contributed by atoms with Crippen LogP contribution in [0.1, 0.15) is 13.8 Å². The molecule has 3 nitrogen and oxygen atoms in total. The molecule has 1 aromatic carbocycles. The summed E-state index contributed by atoms with van der Waals surface area (Å²) in [6.45, 7) is 9.08. The van der Waals surface area contributed by atoms with Gasteiger partial charge in [0, 0.05) is 37.9 Å². The zero-order valence-corrected chi connectivity index (χ0v) is 11.0. The Hall–Kier alpha value is -1.22. The highest BCUT2D eigenvalue weighted by atomic mass is 16.5. The predicted molar refractivity (Wildman–Crippen MR) is 71.9 cm³/mol. The van der Waals surface area contributed by atoms with Gasteiger partial charge in [0.1, 0.15) is 5.75 Å². The number of benzene rings is 1. The summed E-state index contributed by atoms with van der Waals surface area (Å²) < 4.78 is 5.18. The van der Waals surface area contributed by atoms with E-state index in [1.807, 2.05) is 12.1 Å². The van der Waals surface area contributed by atoms with Crippen LogP contribution >= 0.6 is 0 Å². The fourth-order valence-corrected chi connectivity index (χ4v) is 2.29. The summed E-state index contributed by atoms with van der Waals surface area (Å²) in [5.74, 6) is 0.926. The fourth-order valence-electron chi connectivity index (χ4n) is 2.29. The molecule has 0 N–H and O–H groups in total. The highest BCUT2D eigenvalue weighted by Gasteiger charge is 2.18. The first-order valence-corrected chi connectivity index (χ1v) is 6.34. The molecule has 2 rings (SSSR count). The molecule has 1 aliphatic rings. The monoisotopic (exact) mass is 234 g/mol. The molecular weight excluding hydrogens is 212 g/mol. The first-order chi connectivity index (χ1) is 8.20. The molecule has 0 bridgehead atoms. The van der Waals surface area contributed by atoms with Gasteiger partial charge >= 0.3 is 0 Å². The van der Waals surface area contributed by atoms with E-state index >= 15 is 0 Å². The van der Waals surface area contributed by atoms with Crippen LogP contribution in [0.3, 0.4) is 0 Å². The van der Waals surface area contributed by atoms with Crippen molar-refractivity contribution in [3.05, 3.63) is 24.3 Å². The number of piperazine rings is 1. The Labute approximate surface area is 104 Å². The molecule has 1 fully saturated rings. The Bertz CT molecular complexity index is 340. The first kappa shape index (κ1) is 12.2. The molecule has 1 heterocycles. The minimum Gasteiger partial charge on any atom is -0.497 e. The van der Waals surface area contributed by atoms with Crippen LogP contribution in [0.25, 0.3) is 0 Å². The van der Waals surface area contributed by atoms with Crippen LogP contribution in [0.2, 0.25) is 0 Å². The minimum atomic E-state index is 0.660. The predicted octanol–water partition coefficient (Wildman–Crippen LogP) is 2.23. The summed E-state index contributed by atoms with van der Waals surface area (Å²) in [6, 6.07) is 9.01. The molecule has 1 aromatic rings. The molecule has 0 spiro atoms. The third-order valence-corrected chi connectivity index (χ3v) is 3.48. The van der Waals surface area contributed by atoms with Gasteiger partial charge in [0.05, 0.1) is 7.11 Å². The fraction of sp³-hybridized carbons (Fsp3) is 0.571. The Morgan fingerprint density at radius 1 is 1.00 bits per heavy atom. The number of ether oxygens (including phenoxy) is 1. The lowest BCUT2D eigenvalue weighted by Gasteiger charge is -2.38. The molecule has 0 atom stereocenters. The summed E-state index contributed by atoms with van der Waals surface area (Å²) in [5, 5.41) is 0. The van der Waals surface area contributed by atoms with Gasteiger partial charge in [-0.1, -0.05) is 0 Å². The van der Waals surface area contributed by atoms with Crippen LogP contribution in [-0.2, 0) is 0 Å². The second-order valence-electron chi connectivity index (χ2n) is 4.81. The molecule has 17 heavy (non-hydrogen) atoms. The molecule has 1 saturated heterocycles. The third kappa shape index (κ3) is 2.91. The van der Waals surface area contributed by atoms with E-state index in [4.69, 9.17) is 4.74 Å². The molecule has 3 heteroatoms. The summed E-state index contributed by atoms with van der Waals surface area (Å²) >= 11 is 0. The number of nitrogens with zero attached hydrogens (tertiary/aromatic N) is 2. The van der Waals surface area contributed by atoms with E-state index < -0.39 is 0 Å². The van der Waals surface area contributed by atoms with Crippen molar-refractivity contribution in [2.24, 2.45) is 0 Å². The van der Waals surface area contributed by atoms with Gasteiger partial charge in [0.2, 0.25) is 0 Å². The largest absolute Gasteiger partial charge is 0.497 e. The summed E-state index contributed by atoms with van der Waals surface area (Å²) in [4.78, 5) is 4.97. The highest BCUT2D eigenvalue weighted by Crippen LogP contribution is 2.20. The lowest BCUT2D eigenvalue weighted by atomic mass is 10.2. The number of anilines is 1. The van der Waals surface area contributed by atoms with Crippen molar-refractivity contribution in [3.8, 4) is 5.75 Å². The maximum Gasteiger partial charge on any atom is 0.119 e. The van der Waals surface area contributed by atoms with Gasteiger partial charge in [-0.25, -0.2) is 0 Å².